The maximum absolute atomic E-state index is 12.9. The SMILES string of the molecule is CC(C)OC(=O)Nc1cccc(-c2cnc(N[C@@H]3CCCC[C@H]3N[C@H]3CCCN(c4cnc(C(F)(F)F)nc4)C3)o2)c1. The number of oxazole rings is 1. The molecule has 3 aromatic rings. The second kappa shape index (κ2) is 13.0. The fourth-order valence-electron chi connectivity index (χ4n) is 5.53. The molecule has 0 bridgehead atoms. The van der Waals surface area contributed by atoms with Crippen LogP contribution >= 0.6 is 0 Å². The Kier molecular flexibility index (Phi) is 9.15. The van der Waals surface area contributed by atoms with Gasteiger partial charge in [-0.15, -0.1) is 0 Å². The van der Waals surface area contributed by atoms with Crippen molar-refractivity contribution >= 4 is 23.5 Å². The highest BCUT2D eigenvalue weighted by Crippen LogP contribution is 2.30. The maximum Gasteiger partial charge on any atom is 0.451 e. The van der Waals surface area contributed by atoms with Crippen LogP contribution in [0.3, 0.4) is 0 Å². The average molecular weight is 588 g/mol. The molecule has 2 aromatic heterocycles. The first-order valence-electron chi connectivity index (χ1n) is 14.3. The van der Waals surface area contributed by atoms with E-state index in [9.17, 15) is 18.0 Å². The van der Waals surface area contributed by atoms with Crippen molar-refractivity contribution in [2.45, 2.75) is 82.8 Å². The Morgan fingerprint density at radius 2 is 1.81 bits per heavy atom. The number of hydrogen-bond donors (Lipinski definition) is 3. The van der Waals surface area contributed by atoms with Crippen molar-refractivity contribution in [1.82, 2.24) is 20.3 Å². The number of carbonyl (C=O) groups is 1. The zero-order chi connectivity index (χ0) is 29.7. The van der Waals surface area contributed by atoms with Gasteiger partial charge in [0.1, 0.15) is 0 Å². The van der Waals surface area contributed by atoms with Gasteiger partial charge in [0.25, 0.3) is 6.01 Å². The molecule has 13 heteroatoms. The Hall–Kier alpha value is -3.87. The van der Waals surface area contributed by atoms with Crippen LogP contribution in [0.4, 0.5) is 35.4 Å². The summed E-state index contributed by atoms with van der Waals surface area (Å²) in [5, 5.41) is 9.99. The molecular weight excluding hydrogens is 551 g/mol. The third kappa shape index (κ3) is 7.69. The number of rotatable bonds is 8. The van der Waals surface area contributed by atoms with E-state index in [-0.39, 0.29) is 24.2 Å². The van der Waals surface area contributed by atoms with Gasteiger partial charge in [-0.25, -0.2) is 19.7 Å². The fourth-order valence-corrected chi connectivity index (χ4v) is 5.53. The van der Waals surface area contributed by atoms with Gasteiger partial charge in [-0.05, 0) is 51.7 Å². The van der Waals surface area contributed by atoms with E-state index >= 15 is 0 Å². The number of ether oxygens (including phenoxy) is 1. The number of anilines is 3. The molecule has 42 heavy (non-hydrogen) atoms. The second-order valence-corrected chi connectivity index (χ2v) is 11.0. The minimum atomic E-state index is -4.55. The highest BCUT2D eigenvalue weighted by atomic mass is 19.4. The summed E-state index contributed by atoms with van der Waals surface area (Å²) in [6.07, 6.45) is 4.89. The molecule has 5 rings (SSSR count). The second-order valence-electron chi connectivity index (χ2n) is 11.0. The molecule has 2 fully saturated rings. The smallest absolute Gasteiger partial charge is 0.447 e. The fraction of sp³-hybridized carbons (Fsp3) is 0.517. The van der Waals surface area contributed by atoms with Gasteiger partial charge in [0.05, 0.1) is 30.4 Å². The summed E-state index contributed by atoms with van der Waals surface area (Å²) in [7, 11) is 0. The molecule has 1 saturated carbocycles. The van der Waals surface area contributed by atoms with Gasteiger partial charge in [0.2, 0.25) is 5.82 Å². The summed E-state index contributed by atoms with van der Waals surface area (Å²) < 4.78 is 49.8. The molecule has 1 saturated heterocycles. The lowest BCUT2D eigenvalue weighted by Crippen LogP contribution is -2.55. The third-order valence-electron chi connectivity index (χ3n) is 7.44. The van der Waals surface area contributed by atoms with Crippen LogP contribution in [0.15, 0.2) is 47.3 Å². The number of nitrogens with zero attached hydrogens (tertiary/aromatic N) is 4. The van der Waals surface area contributed by atoms with E-state index in [0.29, 0.717) is 29.7 Å². The van der Waals surface area contributed by atoms with Gasteiger partial charge in [-0.2, -0.15) is 13.2 Å². The van der Waals surface area contributed by atoms with Crippen LogP contribution in [-0.2, 0) is 10.9 Å². The minimum absolute atomic E-state index is 0.105. The van der Waals surface area contributed by atoms with Crippen molar-refractivity contribution < 1.29 is 27.1 Å². The van der Waals surface area contributed by atoms with Crippen LogP contribution in [0.1, 0.15) is 58.2 Å². The van der Waals surface area contributed by atoms with Crippen molar-refractivity contribution in [3.8, 4) is 11.3 Å². The van der Waals surface area contributed by atoms with Crippen LogP contribution in [-0.4, -0.2) is 58.4 Å². The van der Waals surface area contributed by atoms with Gasteiger partial charge in [0, 0.05) is 42.5 Å². The molecule has 1 aromatic carbocycles. The summed E-state index contributed by atoms with van der Waals surface area (Å²) in [5.41, 5.74) is 1.95. The van der Waals surface area contributed by atoms with E-state index in [2.05, 4.69) is 30.9 Å². The Labute approximate surface area is 242 Å². The van der Waals surface area contributed by atoms with Crippen molar-refractivity contribution in [3.63, 3.8) is 0 Å². The average Bonchev–Trinajstić information content (AvgIpc) is 3.42. The Balaban J connectivity index is 1.19. The zero-order valence-electron chi connectivity index (χ0n) is 23.7. The number of carbonyl (C=O) groups excluding carboxylic acids is 1. The Morgan fingerprint density at radius 1 is 1.05 bits per heavy atom. The van der Waals surface area contributed by atoms with E-state index in [1.54, 1.807) is 32.2 Å². The highest BCUT2D eigenvalue weighted by molar-refractivity contribution is 5.85. The molecule has 226 valence electrons. The number of hydrogen-bond acceptors (Lipinski definition) is 9. The van der Waals surface area contributed by atoms with Crippen LogP contribution in [0.2, 0.25) is 0 Å². The number of halogens is 3. The number of nitrogens with one attached hydrogen (secondary N) is 3. The molecule has 0 unspecified atom stereocenters. The zero-order valence-corrected chi connectivity index (χ0v) is 23.7. The molecule has 0 spiro atoms. The molecule has 1 amide bonds. The number of piperidine rings is 1. The lowest BCUT2D eigenvalue weighted by molar-refractivity contribution is -0.145. The molecule has 0 radical (unpaired) electrons. The lowest BCUT2D eigenvalue weighted by atomic mass is 9.89. The molecule has 3 N–H and O–H groups in total. The summed E-state index contributed by atoms with van der Waals surface area (Å²) in [6.45, 7) is 4.98. The quantitative estimate of drug-likeness (QED) is 0.288. The largest absolute Gasteiger partial charge is 0.451 e. The van der Waals surface area contributed by atoms with Gasteiger partial charge < -0.3 is 24.7 Å². The van der Waals surface area contributed by atoms with Crippen LogP contribution in [0.25, 0.3) is 11.3 Å². The molecule has 3 heterocycles. The molecular formula is C29H36F3N7O3. The molecule has 1 aliphatic heterocycles. The van der Waals surface area contributed by atoms with Crippen LogP contribution in [0.5, 0.6) is 0 Å². The van der Waals surface area contributed by atoms with E-state index in [1.165, 1.54) is 12.4 Å². The highest BCUT2D eigenvalue weighted by Gasteiger charge is 2.35. The minimum Gasteiger partial charge on any atom is -0.447 e. The van der Waals surface area contributed by atoms with Gasteiger partial charge >= 0.3 is 12.3 Å². The van der Waals surface area contributed by atoms with Crippen molar-refractivity contribution in [2.24, 2.45) is 0 Å². The van der Waals surface area contributed by atoms with E-state index in [1.807, 2.05) is 17.0 Å². The predicted octanol–water partition coefficient (Wildman–Crippen LogP) is 6.09. The van der Waals surface area contributed by atoms with Crippen molar-refractivity contribution in [2.75, 3.05) is 28.6 Å². The third-order valence-corrected chi connectivity index (χ3v) is 7.44. The molecule has 10 nitrogen and oxygen atoms in total. The summed E-state index contributed by atoms with van der Waals surface area (Å²) >= 11 is 0. The van der Waals surface area contributed by atoms with E-state index < -0.39 is 18.1 Å². The monoisotopic (exact) mass is 587 g/mol. The van der Waals surface area contributed by atoms with E-state index in [0.717, 1.165) is 50.6 Å². The number of benzene rings is 1. The van der Waals surface area contributed by atoms with Crippen LogP contribution < -0.4 is 20.9 Å². The predicted molar refractivity (Wildman–Crippen MR) is 152 cm³/mol. The van der Waals surface area contributed by atoms with E-state index in [4.69, 9.17) is 9.15 Å². The van der Waals surface area contributed by atoms with Gasteiger partial charge in [-0.1, -0.05) is 25.0 Å². The topological polar surface area (TPSA) is 117 Å². The summed E-state index contributed by atoms with van der Waals surface area (Å²) in [4.78, 5) is 25.5. The van der Waals surface area contributed by atoms with Gasteiger partial charge in [0.15, 0.2) is 5.76 Å². The normalized spacial score (nSPS) is 21.3. The number of alkyl halides is 3. The molecule has 3 atom stereocenters. The Morgan fingerprint density at radius 3 is 2.55 bits per heavy atom. The summed E-state index contributed by atoms with van der Waals surface area (Å²) in [5.74, 6) is -0.556. The number of aromatic nitrogens is 3. The van der Waals surface area contributed by atoms with Crippen LogP contribution in [0, 0.1) is 0 Å². The molecule has 2 aliphatic rings. The Bertz CT molecular complexity index is 1330. The first-order valence-corrected chi connectivity index (χ1v) is 14.3. The standard InChI is InChI=1S/C29H36F3N7O3/c1-18(2)41-28(40)37-20-8-5-7-19(13-20)25-16-35-27(42-25)38-24-11-4-3-10-23(24)36-21-9-6-12-39(17-21)22-14-33-26(34-15-22)29(30,31)32/h5,7-8,13-16,18,21,23-24,36H,3-4,6,9-12,17H2,1-2H3,(H,35,38)(H,37,40)/t21-,23+,24+/m0/s1. The lowest BCUT2D eigenvalue weighted by Gasteiger charge is -2.40. The maximum atomic E-state index is 12.9. The first-order chi connectivity index (χ1) is 20.1. The van der Waals surface area contributed by atoms with Crippen molar-refractivity contribution in [3.05, 3.63) is 48.7 Å². The molecule has 1 aliphatic carbocycles. The van der Waals surface area contributed by atoms with Crippen molar-refractivity contribution in [1.29, 1.82) is 0 Å². The summed E-state index contributed by atoms with van der Waals surface area (Å²) in [6, 6.07) is 8.16. The first kappa shape index (κ1) is 29.6. The van der Waals surface area contributed by atoms with Gasteiger partial charge in [-0.3, -0.25) is 5.32 Å². The number of amides is 1.